The number of carbonyl (C=O) groups excluding carboxylic acids is 1. The van der Waals surface area contributed by atoms with E-state index in [1.807, 2.05) is 24.3 Å². The van der Waals surface area contributed by atoms with Crippen LogP contribution in [0.15, 0.2) is 90.5 Å². The molecule has 0 aliphatic heterocycles. The van der Waals surface area contributed by atoms with Crippen molar-refractivity contribution in [1.29, 1.82) is 0 Å². The minimum Gasteiger partial charge on any atom is -0.511 e. The first-order chi connectivity index (χ1) is 30.2. The number of aliphatic hydroxyl groups is 1. The molecule has 0 aromatic heterocycles. The van der Waals surface area contributed by atoms with Crippen molar-refractivity contribution in [3.8, 4) is 5.75 Å². The number of rotatable bonds is 16. The number of aryl methyl sites for hydroxylation is 1. The van der Waals surface area contributed by atoms with E-state index in [9.17, 15) is 24.9 Å². The zero-order valence-corrected chi connectivity index (χ0v) is 36.9. The van der Waals surface area contributed by atoms with Gasteiger partial charge in [-0.1, -0.05) is 136 Å². The first kappa shape index (κ1) is 43.9. The van der Waals surface area contributed by atoms with Gasteiger partial charge in [-0.3, -0.25) is 4.79 Å². The number of carbonyl (C=O) groups is 2. The average Bonchev–Trinajstić information content (AvgIpc) is 3.74. The van der Waals surface area contributed by atoms with Crippen molar-refractivity contribution in [2.45, 2.75) is 127 Å². The molecule has 0 radical (unpaired) electrons. The summed E-state index contributed by atoms with van der Waals surface area (Å²) < 4.78 is 0. The summed E-state index contributed by atoms with van der Waals surface area (Å²) in [5.74, 6) is 0.230. The molecule has 6 heteroatoms. The number of unbranched alkanes of at least 4 members (excludes halogenated alkanes) is 4. The van der Waals surface area contributed by atoms with Gasteiger partial charge in [-0.15, -0.1) is 0 Å². The Morgan fingerprint density at radius 1 is 0.935 bits per heavy atom. The average molecular weight is 836 g/mol. The summed E-state index contributed by atoms with van der Waals surface area (Å²) in [5.41, 5.74) is 12.2. The third-order valence-electron chi connectivity index (χ3n) is 15.9. The van der Waals surface area contributed by atoms with Gasteiger partial charge in [0.25, 0.3) is 0 Å². The molecule has 8 rings (SSSR count). The number of hydrogen-bond donors (Lipinski definition) is 4. The molecular weight excluding hydrogens is 767 g/mol. The van der Waals surface area contributed by atoms with E-state index >= 15 is 0 Å². The molecule has 3 aromatic carbocycles. The van der Waals surface area contributed by atoms with Gasteiger partial charge in [-0.05, 0) is 152 Å². The predicted octanol–water partition coefficient (Wildman–Crippen LogP) is 10.6. The third-order valence-corrected chi connectivity index (χ3v) is 15.9. The van der Waals surface area contributed by atoms with E-state index in [0.29, 0.717) is 42.7 Å². The van der Waals surface area contributed by atoms with Crippen LogP contribution in [0.4, 0.5) is 0 Å². The summed E-state index contributed by atoms with van der Waals surface area (Å²) in [6.45, 7) is 2.87. The molecule has 1 saturated carbocycles. The second-order valence-corrected chi connectivity index (χ2v) is 19.5. The molecule has 2 bridgehead atoms. The highest BCUT2D eigenvalue weighted by molar-refractivity contribution is 5.76. The molecule has 0 saturated heterocycles. The third kappa shape index (κ3) is 9.05. The zero-order valence-electron chi connectivity index (χ0n) is 36.9. The number of aliphatic carboxylic acids is 1. The molecule has 3 aromatic rings. The second-order valence-electron chi connectivity index (χ2n) is 19.5. The standard InChI is InChI=1S/C56H69NO5/c1-2-3-5-15-44-32-43(24-26-53(44)59)49-30-38-20-21-40-23-25-47-34-46-33-42-14-8-10-17-48(42)54(60)50(46)35-56(47,52(40)31-38)51(55(61)62)18-11-9-13-39(49)12-6-4-7-16-45(36-58)41-22-19-37(29-41)27-28-57/h8-11,14,17,20-21,23-26,29,31-33,36,39,41,45-47,49-51,59-60H,2-7,12-13,15-16,18-19,22,27-28,30,34-35,57H2,1H3,(H,61,62). The van der Waals surface area contributed by atoms with Crippen LogP contribution in [0.3, 0.4) is 0 Å². The smallest absolute Gasteiger partial charge is 0.307 e. The van der Waals surface area contributed by atoms with Crippen molar-refractivity contribution >= 4 is 30.2 Å². The van der Waals surface area contributed by atoms with E-state index in [1.54, 1.807) is 0 Å². The number of carboxylic acids is 1. The number of fused-ring (bicyclic) bond motifs is 3. The number of carboxylic acid groups (broad SMARTS) is 1. The van der Waals surface area contributed by atoms with Gasteiger partial charge in [0.1, 0.15) is 17.8 Å². The monoisotopic (exact) mass is 836 g/mol. The van der Waals surface area contributed by atoms with Crippen LogP contribution in [-0.2, 0) is 27.8 Å². The van der Waals surface area contributed by atoms with Gasteiger partial charge in [0.2, 0.25) is 0 Å². The molecule has 5 aliphatic rings. The van der Waals surface area contributed by atoms with Crippen LogP contribution in [0.1, 0.15) is 137 Å². The minimum atomic E-state index is -0.770. The van der Waals surface area contributed by atoms with E-state index in [2.05, 4.69) is 79.8 Å². The minimum absolute atomic E-state index is 0.0149. The van der Waals surface area contributed by atoms with Crippen molar-refractivity contribution in [3.63, 3.8) is 0 Å². The number of aliphatic hydroxyl groups excluding tert-OH is 1. The van der Waals surface area contributed by atoms with Gasteiger partial charge in [0.15, 0.2) is 0 Å². The van der Waals surface area contributed by atoms with Crippen LogP contribution in [0.5, 0.6) is 5.75 Å². The topological polar surface area (TPSA) is 121 Å². The lowest BCUT2D eigenvalue weighted by molar-refractivity contribution is -0.146. The van der Waals surface area contributed by atoms with E-state index in [4.69, 9.17) is 5.73 Å². The second kappa shape index (κ2) is 19.8. The highest BCUT2D eigenvalue weighted by Crippen LogP contribution is 2.59. The summed E-state index contributed by atoms with van der Waals surface area (Å²) in [4.78, 5) is 26.0. The number of benzene rings is 3. The first-order valence-electron chi connectivity index (χ1n) is 24.1. The number of aromatic hydroxyl groups is 1. The van der Waals surface area contributed by atoms with Gasteiger partial charge < -0.3 is 25.8 Å². The fourth-order valence-electron chi connectivity index (χ4n) is 12.6. The summed E-state index contributed by atoms with van der Waals surface area (Å²) in [5, 5.41) is 36.2. The zero-order chi connectivity index (χ0) is 43.2. The molecule has 9 atom stereocenters. The lowest BCUT2D eigenvalue weighted by Crippen LogP contribution is -2.54. The maximum atomic E-state index is 13.7. The van der Waals surface area contributed by atoms with Crippen molar-refractivity contribution in [3.05, 3.63) is 129 Å². The molecule has 1 fully saturated rings. The number of nitrogens with two attached hydrogens (primary N) is 1. The van der Waals surface area contributed by atoms with Gasteiger partial charge in [-0.2, -0.15) is 0 Å². The molecular formula is C56H69NO5. The predicted molar refractivity (Wildman–Crippen MR) is 251 cm³/mol. The maximum absolute atomic E-state index is 13.7. The van der Waals surface area contributed by atoms with Gasteiger partial charge in [0.05, 0.1) is 5.92 Å². The Bertz CT molecular complexity index is 2300. The summed E-state index contributed by atoms with van der Waals surface area (Å²) in [6.07, 6.45) is 30.5. The lowest BCUT2D eigenvalue weighted by Gasteiger charge is -2.54. The van der Waals surface area contributed by atoms with E-state index in [-0.39, 0.29) is 29.6 Å². The summed E-state index contributed by atoms with van der Waals surface area (Å²) >= 11 is 0. The number of phenolic OH excluding ortho intramolecular Hbond substituents is 1. The molecule has 6 nitrogen and oxygen atoms in total. The highest BCUT2D eigenvalue weighted by atomic mass is 16.4. The first-order valence-corrected chi connectivity index (χ1v) is 24.1. The molecule has 5 aliphatic carbocycles. The highest BCUT2D eigenvalue weighted by Gasteiger charge is 2.56. The number of hydrogen-bond acceptors (Lipinski definition) is 5. The molecule has 9 unspecified atom stereocenters. The quantitative estimate of drug-likeness (QED) is 0.0648. The van der Waals surface area contributed by atoms with Gasteiger partial charge in [0, 0.05) is 22.5 Å². The molecule has 5 N–H and O–H groups in total. The van der Waals surface area contributed by atoms with Crippen molar-refractivity contribution in [2.24, 2.45) is 47.2 Å². The maximum Gasteiger partial charge on any atom is 0.307 e. The van der Waals surface area contributed by atoms with Crippen molar-refractivity contribution in [1.82, 2.24) is 0 Å². The molecule has 0 amide bonds. The van der Waals surface area contributed by atoms with Gasteiger partial charge in [-0.25, -0.2) is 0 Å². The lowest BCUT2D eigenvalue weighted by atomic mass is 9.49. The summed E-state index contributed by atoms with van der Waals surface area (Å²) in [6, 6.07) is 21.2. The largest absolute Gasteiger partial charge is 0.511 e. The number of allylic oxidation sites excluding steroid dienone is 4. The molecule has 0 heterocycles. The molecule has 328 valence electrons. The van der Waals surface area contributed by atoms with Gasteiger partial charge >= 0.3 is 5.97 Å². The van der Waals surface area contributed by atoms with Crippen molar-refractivity contribution in [2.75, 3.05) is 6.54 Å². The Hall–Kier alpha value is -4.68. The van der Waals surface area contributed by atoms with E-state index in [1.165, 1.54) is 23.0 Å². The number of phenols is 1. The van der Waals surface area contributed by atoms with E-state index in [0.717, 1.165) is 123 Å². The Morgan fingerprint density at radius 2 is 1.79 bits per heavy atom. The summed E-state index contributed by atoms with van der Waals surface area (Å²) in [7, 11) is 0. The Balaban J connectivity index is 1.12. The Morgan fingerprint density at radius 3 is 2.61 bits per heavy atom. The molecule has 1 spiro atoms. The van der Waals surface area contributed by atoms with E-state index < -0.39 is 17.3 Å². The van der Waals surface area contributed by atoms with Crippen LogP contribution in [-0.4, -0.2) is 34.1 Å². The van der Waals surface area contributed by atoms with Crippen LogP contribution < -0.4 is 16.2 Å². The SMILES string of the molecule is CCCCCc1cc(C2Cc3ccc4c(c3)C3(CC5C(O)=c6ccccc6=CC5CC3C=C4)C(C(=O)O)CC=CCC2CCCCCC(C=O)C2C=C(CCN)CC2)ccc1O. The Kier molecular flexibility index (Phi) is 14.0. The normalized spacial score (nSPS) is 28.0. The fraction of sp³-hybridized carbons (Fsp3) is 0.500. The van der Waals surface area contributed by atoms with Crippen molar-refractivity contribution < 1.29 is 24.9 Å². The number of aldehydes is 1. The van der Waals surface area contributed by atoms with Crippen LogP contribution in [0, 0.1) is 41.4 Å². The van der Waals surface area contributed by atoms with Crippen LogP contribution >= 0.6 is 0 Å². The fourth-order valence-corrected chi connectivity index (χ4v) is 12.6. The Labute approximate surface area is 369 Å². The van der Waals surface area contributed by atoms with Crippen LogP contribution in [0.25, 0.3) is 17.9 Å². The molecule has 62 heavy (non-hydrogen) atoms. The van der Waals surface area contributed by atoms with Crippen LogP contribution in [0.2, 0.25) is 0 Å².